The van der Waals surface area contributed by atoms with E-state index in [2.05, 4.69) is 34.9 Å². The molecule has 2 N–H and O–H groups in total. The molecule has 0 aliphatic carbocycles. The molecule has 5 heteroatoms. The lowest BCUT2D eigenvalue weighted by Gasteiger charge is -2.43. The Morgan fingerprint density at radius 1 is 0.871 bits per heavy atom. The van der Waals surface area contributed by atoms with Crippen LogP contribution in [0.15, 0.2) is 84.9 Å². The summed E-state index contributed by atoms with van der Waals surface area (Å²) in [5.41, 5.74) is 2.50. The standard InChI is InChI=1S/C26H27N3O2/c1-18(27-23(19-12-6-4-7-13-19)20-14-8-5-9-15-20)24(30)29-22-17-11-10-16-21(22)28-25(31)26(29,2)3/h4-18,23,27H,1-3H3,(H,28,31)/t18-/m1/s1. The van der Waals surface area contributed by atoms with E-state index >= 15 is 0 Å². The van der Waals surface area contributed by atoms with Crippen molar-refractivity contribution >= 4 is 23.2 Å². The maximum absolute atomic E-state index is 13.7. The number of carbonyl (C=O) groups excluding carboxylic acids is 2. The summed E-state index contributed by atoms with van der Waals surface area (Å²) >= 11 is 0. The first-order chi connectivity index (χ1) is 14.9. The van der Waals surface area contributed by atoms with Gasteiger partial charge in [0.15, 0.2) is 0 Å². The van der Waals surface area contributed by atoms with Gasteiger partial charge in [0.2, 0.25) is 11.8 Å². The van der Waals surface area contributed by atoms with Gasteiger partial charge >= 0.3 is 0 Å². The molecule has 0 spiro atoms. The Hall–Kier alpha value is -3.44. The largest absolute Gasteiger partial charge is 0.322 e. The molecule has 0 bridgehead atoms. The molecule has 1 aliphatic rings. The number of rotatable bonds is 5. The van der Waals surface area contributed by atoms with Gasteiger partial charge in [0.1, 0.15) is 5.54 Å². The molecule has 3 aromatic rings. The molecule has 4 rings (SSSR count). The highest BCUT2D eigenvalue weighted by Crippen LogP contribution is 2.37. The lowest BCUT2D eigenvalue weighted by Crippen LogP contribution is -2.62. The highest BCUT2D eigenvalue weighted by molar-refractivity contribution is 6.15. The Morgan fingerprint density at radius 2 is 1.39 bits per heavy atom. The number of carbonyl (C=O) groups is 2. The van der Waals surface area contributed by atoms with Crippen molar-refractivity contribution in [2.24, 2.45) is 0 Å². The molecule has 0 saturated carbocycles. The van der Waals surface area contributed by atoms with Crippen molar-refractivity contribution in [1.82, 2.24) is 5.32 Å². The number of amides is 2. The summed E-state index contributed by atoms with van der Waals surface area (Å²) in [5.74, 6) is -0.349. The SMILES string of the molecule is C[C@@H](NC(c1ccccc1)c1ccccc1)C(=O)N1c2ccccc2NC(=O)C1(C)C. The maximum atomic E-state index is 13.7. The predicted molar refractivity (Wildman–Crippen MR) is 124 cm³/mol. The first kappa shape index (κ1) is 20.8. The van der Waals surface area contributed by atoms with Crippen molar-refractivity contribution in [3.8, 4) is 0 Å². The summed E-state index contributed by atoms with van der Waals surface area (Å²) < 4.78 is 0. The average Bonchev–Trinajstić information content (AvgIpc) is 2.79. The van der Waals surface area contributed by atoms with Crippen LogP contribution in [0.1, 0.15) is 37.9 Å². The van der Waals surface area contributed by atoms with E-state index < -0.39 is 11.6 Å². The van der Waals surface area contributed by atoms with Crippen LogP contribution in [0.2, 0.25) is 0 Å². The summed E-state index contributed by atoms with van der Waals surface area (Å²) in [5, 5.41) is 6.42. The molecule has 31 heavy (non-hydrogen) atoms. The van der Waals surface area contributed by atoms with Crippen molar-refractivity contribution in [1.29, 1.82) is 0 Å². The Kier molecular flexibility index (Phi) is 5.61. The van der Waals surface area contributed by atoms with E-state index in [1.165, 1.54) is 0 Å². The highest BCUT2D eigenvalue weighted by Gasteiger charge is 2.44. The number of anilines is 2. The second-order valence-corrected chi connectivity index (χ2v) is 8.35. The lowest BCUT2D eigenvalue weighted by molar-refractivity contribution is -0.127. The van der Waals surface area contributed by atoms with Crippen LogP contribution in [0, 0.1) is 0 Å². The zero-order valence-corrected chi connectivity index (χ0v) is 18.0. The third-order valence-corrected chi connectivity index (χ3v) is 5.78. The van der Waals surface area contributed by atoms with Gasteiger partial charge in [-0.3, -0.25) is 19.8 Å². The molecule has 5 nitrogen and oxygen atoms in total. The summed E-state index contributed by atoms with van der Waals surface area (Å²) in [7, 11) is 0. The van der Waals surface area contributed by atoms with Crippen LogP contribution in [-0.4, -0.2) is 23.4 Å². The van der Waals surface area contributed by atoms with Crippen LogP contribution < -0.4 is 15.5 Å². The van der Waals surface area contributed by atoms with E-state index in [1.807, 2.05) is 67.6 Å². The molecule has 1 atom stereocenters. The number of nitrogens with one attached hydrogen (secondary N) is 2. The number of hydrogen-bond acceptors (Lipinski definition) is 3. The van der Waals surface area contributed by atoms with E-state index in [1.54, 1.807) is 18.7 Å². The number of benzene rings is 3. The highest BCUT2D eigenvalue weighted by atomic mass is 16.2. The molecular weight excluding hydrogens is 386 g/mol. The fraction of sp³-hybridized carbons (Fsp3) is 0.231. The van der Waals surface area contributed by atoms with E-state index in [-0.39, 0.29) is 17.9 Å². The van der Waals surface area contributed by atoms with Crippen molar-refractivity contribution in [3.63, 3.8) is 0 Å². The van der Waals surface area contributed by atoms with E-state index in [4.69, 9.17) is 0 Å². The van der Waals surface area contributed by atoms with E-state index in [0.717, 1.165) is 11.1 Å². The third-order valence-electron chi connectivity index (χ3n) is 5.78. The number of para-hydroxylation sites is 2. The van der Waals surface area contributed by atoms with Gasteiger partial charge in [0.05, 0.1) is 23.5 Å². The van der Waals surface area contributed by atoms with Gasteiger partial charge in [-0.1, -0.05) is 72.8 Å². The van der Waals surface area contributed by atoms with Gasteiger partial charge in [-0.25, -0.2) is 0 Å². The van der Waals surface area contributed by atoms with Gasteiger partial charge in [0.25, 0.3) is 0 Å². The maximum Gasteiger partial charge on any atom is 0.250 e. The molecule has 0 aromatic heterocycles. The van der Waals surface area contributed by atoms with E-state index in [0.29, 0.717) is 11.4 Å². The van der Waals surface area contributed by atoms with Crippen molar-refractivity contribution < 1.29 is 9.59 Å². The van der Waals surface area contributed by atoms with Crippen molar-refractivity contribution in [2.45, 2.75) is 38.4 Å². The fourth-order valence-corrected chi connectivity index (χ4v) is 4.04. The molecular formula is C26H27N3O2. The number of fused-ring (bicyclic) bond motifs is 1. The zero-order valence-electron chi connectivity index (χ0n) is 18.0. The summed E-state index contributed by atoms with van der Waals surface area (Å²) in [6.45, 7) is 5.40. The molecule has 0 fully saturated rings. The molecule has 0 saturated heterocycles. The second-order valence-electron chi connectivity index (χ2n) is 8.35. The molecule has 1 aliphatic heterocycles. The topological polar surface area (TPSA) is 61.4 Å². The number of hydrogen-bond donors (Lipinski definition) is 2. The first-order valence-corrected chi connectivity index (χ1v) is 10.5. The van der Waals surface area contributed by atoms with Gasteiger partial charge in [-0.15, -0.1) is 0 Å². The van der Waals surface area contributed by atoms with Crippen LogP contribution in [0.25, 0.3) is 0 Å². The molecule has 0 radical (unpaired) electrons. The molecule has 2 amide bonds. The normalized spacial score (nSPS) is 15.9. The average molecular weight is 414 g/mol. The van der Waals surface area contributed by atoms with Crippen molar-refractivity contribution in [2.75, 3.05) is 10.2 Å². The van der Waals surface area contributed by atoms with Crippen LogP contribution in [-0.2, 0) is 9.59 Å². The van der Waals surface area contributed by atoms with E-state index in [9.17, 15) is 9.59 Å². The third kappa shape index (κ3) is 3.97. The van der Waals surface area contributed by atoms with Gasteiger partial charge in [0, 0.05) is 0 Å². The molecule has 1 heterocycles. The first-order valence-electron chi connectivity index (χ1n) is 10.5. The predicted octanol–water partition coefficient (Wildman–Crippen LogP) is 4.52. The monoisotopic (exact) mass is 413 g/mol. The quantitative estimate of drug-likeness (QED) is 0.647. The Labute approximate surface area is 183 Å². The van der Waals surface area contributed by atoms with Gasteiger partial charge in [-0.05, 0) is 44.0 Å². The minimum absolute atomic E-state index is 0.149. The fourth-order valence-electron chi connectivity index (χ4n) is 4.04. The minimum atomic E-state index is -1.00. The Balaban J connectivity index is 1.67. The molecule has 158 valence electrons. The van der Waals surface area contributed by atoms with Crippen LogP contribution in [0.4, 0.5) is 11.4 Å². The smallest absolute Gasteiger partial charge is 0.250 e. The Bertz CT molecular complexity index is 1040. The summed E-state index contributed by atoms with van der Waals surface area (Å²) in [4.78, 5) is 28.1. The van der Waals surface area contributed by atoms with Crippen molar-refractivity contribution in [3.05, 3.63) is 96.1 Å². The minimum Gasteiger partial charge on any atom is -0.322 e. The second kappa shape index (κ2) is 8.36. The zero-order chi connectivity index (χ0) is 22.0. The van der Waals surface area contributed by atoms with Crippen LogP contribution >= 0.6 is 0 Å². The lowest BCUT2D eigenvalue weighted by atomic mass is 9.94. The molecule has 3 aromatic carbocycles. The summed E-state index contributed by atoms with van der Waals surface area (Å²) in [6.07, 6.45) is 0. The molecule has 0 unspecified atom stereocenters. The Morgan fingerprint density at radius 3 is 1.97 bits per heavy atom. The van der Waals surface area contributed by atoms with Crippen LogP contribution in [0.3, 0.4) is 0 Å². The van der Waals surface area contributed by atoms with Crippen LogP contribution in [0.5, 0.6) is 0 Å². The number of nitrogens with zero attached hydrogens (tertiary/aromatic N) is 1. The van der Waals surface area contributed by atoms with Gasteiger partial charge in [-0.2, -0.15) is 0 Å². The summed E-state index contributed by atoms with van der Waals surface area (Å²) in [6, 6.07) is 26.9. The van der Waals surface area contributed by atoms with Gasteiger partial charge < -0.3 is 5.32 Å².